The van der Waals surface area contributed by atoms with Gasteiger partial charge in [-0.25, -0.2) is 13.2 Å². The highest BCUT2D eigenvalue weighted by molar-refractivity contribution is 5.96. The van der Waals surface area contributed by atoms with Crippen LogP contribution in [0.4, 0.5) is 23.2 Å². The van der Waals surface area contributed by atoms with Crippen LogP contribution in [-0.4, -0.2) is 29.8 Å². The first kappa shape index (κ1) is 21.5. The van der Waals surface area contributed by atoms with E-state index in [2.05, 4.69) is 10.3 Å². The molecule has 1 heterocycles. The van der Waals surface area contributed by atoms with E-state index in [1.165, 1.54) is 24.4 Å². The number of primary amides is 1. The third-order valence-corrected chi connectivity index (χ3v) is 5.13. The summed E-state index contributed by atoms with van der Waals surface area (Å²) >= 11 is 0. The average molecular weight is 425 g/mol. The van der Waals surface area contributed by atoms with E-state index in [-0.39, 0.29) is 23.4 Å². The topological polar surface area (TPSA) is 94.3 Å². The zero-order chi connectivity index (χ0) is 22.1. The Morgan fingerprint density at radius 3 is 2.67 bits per heavy atom. The second-order valence-corrected chi connectivity index (χ2v) is 7.08. The number of carbonyl (C=O) groups is 2. The molecule has 0 radical (unpaired) electrons. The molecular weight excluding hydrogens is 406 g/mol. The van der Waals surface area contributed by atoms with Gasteiger partial charge in [0.05, 0.1) is 13.0 Å². The third-order valence-electron chi connectivity index (χ3n) is 5.13. The van der Waals surface area contributed by atoms with Crippen molar-refractivity contribution in [2.75, 3.05) is 12.4 Å². The number of aromatic nitrogens is 1. The maximum absolute atomic E-state index is 14.2. The molecule has 160 valence electrons. The third kappa shape index (κ3) is 4.37. The minimum absolute atomic E-state index is 0.111. The monoisotopic (exact) mass is 425 g/mol. The minimum atomic E-state index is -3.10. The smallest absolute Gasteiger partial charge is 0.267 e. The Morgan fingerprint density at radius 2 is 2.00 bits per heavy atom. The van der Waals surface area contributed by atoms with Gasteiger partial charge in [0.2, 0.25) is 17.6 Å². The number of methoxy groups -OCH3 is 1. The zero-order valence-corrected chi connectivity index (χ0v) is 15.9. The Labute approximate surface area is 169 Å². The number of hydrogen-bond acceptors (Lipinski definition) is 4. The molecule has 6 nitrogen and oxygen atoms in total. The molecule has 3 N–H and O–H groups in total. The lowest BCUT2D eigenvalue weighted by molar-refractivity contribution is -0.128. The van der Waals surface area contributed by atoms with Gasteiger partial charge in [0, 0.05) is 30.3 Å². The number of nitrogens with two attached hydrogens (primary N) is 1. The van der Waals surface area contributed by atoms with Crippen LogP contribution in [0, 0.1) is 17.6 Å². The Bertz CT molecular complexity index is 984. The van der Waals surface area contributed by atoms with Gasteiger partial charge in [-0.3, -0.25) is 14.6 Å². The number of ether oxygens (including phenoxy) is 1. The molecule has 1 aromatic heterocycles. The summed E-state index contributed by atoms with van der Waals surface area (Å²) in [4.78, 5) is 27.9. The predicted molar refractivity (Wildman–Crippen MR) is 99.3 cm³/mol. The van der Waals surface area contributed by atoms with Crippen molar-refractivity contribution in [3.63, 3.8) is 0 Å². The molecule has 2 atom stereocenters. The lowest BCUT2D eigenvalue weighted by Crippen LogP contribution is -2.38. The predicted octanol–water partition coefficient (Wildman–Crippen LogP) is 3.63. The molecule has 2 aromatic rings. The van der Waals surface area contributed by atoms with E-state index in [9.17, 15) is 27.2 Å². The molecule has 1 unspecified atom stereocenters. The fraction of sp³-hybridized carbons (Fsp3) is 0.350. The van der Waals surface area contributed by atoms with Crippen LogP contribution in [0.2, 0.25) is 0 Å². The second-order valence-electron chi connectivity index (χ2n) is 7.08. The molecule has 10 heteroatoms. The molecule has 2 amide bonds. The number of alkyl halides is 2. The fourth-order valence-corrected chi connectivity index (χ4v) is 3.71. The van der Waals surface area contributed by atoms with Crippen LogP contribution < -0.4 is 15.8 Å². The van der Waals surface area contributed by atoms with Crippen LogP contribution in [0.25, 0.3) is 0 Å². The highest BCUT2D eigenvalue weighted by atomic mass is 19.3. The van der Waals surface area contributed by atoms with E-state index < -0.39 is 59.8 Å². The molecule has 1 aliphatic carbocycles. The number of benzene rings is 1. The van der Waals surface area contributed by atoms with Crippen molar-refractivity contribution in [2.24, 2.45) is 11.7 Å². The van der Waals surface area contributed by atoms with Gasteiger partial charge in [0.15, 0.2) is 11.6 Å². The number of halogens is 4. The first-order valence-electron chi connectivity index (χ1n) is 9.09. The second kappa shape index (κ2) is 8.29. The Kier molecular flexibility index (Phi) is 5.95. The SMILES string of the molecule is COc1c(C2CCC(F)(F)C[C@H]2C(=O)Nc2ccnc(C(N)=O)c2)ccc(F)c1F. The number of hydrogen-bond donors (Lipinski definition) is 2. The first-order chi connectivity index (χ1) is 14.1. The van der Waals surface area contributed by atoms with Gasteiger partial charge in [-0.05, 0) is 30.5 Å². The number of nitrogens with zero attached hydrogens (tertiary/aromatic N) is 1. The zero-order valence-electron chi connectivity index (χ0n) is 15.9. The Morgan fingerprint density at radius 1 is 1.27 bits per heavy atom. The molecule has 1 aromatic carbocycles. The molecule has 3 rings (SSSR count). The van der Waals surface area contributed by atoms with Crippen LogP contribution in [0.1, 0.15) is 41.2 Å². The van der Waals surface area contributed by atoms with Crippen LogP contribution in [0.15, 0.2) is 30.5 Å². The van der Waals surface area contributed by atoms with Gasteiger partial charge < -0.3 is 15.8 Å². The van der Waals surface area contributed by atoms with Crippen molar-refractivity contribution in [3.05, 3.63) is 53.4 Å². The quantitative estimate of drug-likeness (QED) is 0.716. The molecule has 1 aliphatic rings. The number of rotatable bonds is 5. The van der Waals surface area contributed by atoms with Crippen molar-refractivity contribution in [1.29, 1.82) is 0 Å². The number of carbonyl (C=O) groups excluding carboxylic acids is 2. The standard InChI is InChI=1S/C20H19F4N3O3/c1-30-17-12(2-3-14(21)16(17)22)11-4-6-20(23,24)9-13(11)19(29)27-10-5-7-26-15(8-10)18(25)28/h2-3,5,7-8,11,13H,4,6,9H2,1H3,(H2,25,28)(H,26,27,29)/t11?,13-/m1/s1. The molecule has 0 saturated heterocycles. The molecule has 0 spiro atoms. The van der Waals surface area contributed by atoms with Crippen LogP contribution in [0.3, 0.4) is 0 Å². The van der Waals surface area contributed by atoms with E-state index in [0.29, 0.717) is 0 Å². The van der Waals surface area contributed by atoms with Gasteiger partial charge in [-0.2, -0.15) is 4.39 Å². The van der Waals surface area contributed by atoms with Gasteiger partial charge in [-0.15, -0.1) is 0 Å². The van der Waals surface area contributed by atoms with Crippen molar-refractivity contribution < 1.29 is 31.9 Å². The van der Waals surface area contributed by atoms with Crippen molar-refractivity contribution in [2.45, 2.75) is 31.1 Å². The van der Waals surface area contributed by atoms with E-state index in [1.54, 1.807) is 0 Å². The summed E-state index contributed by atoms with van der Waals surface area (Å²) in [5.41, 5.74) is 5.33. The van der Waals surface area contributed by atoms with E-state index in [4.69, 9.17) is 10.5 Å². The van der Waals surface area contributed by atoms with Crippen LogP contribution in [0.5, 0.6) is 5.75 Å². The number of amides is 2. The van der Waals surface area contributed by atoms with Crippen LogP contribution in [-0.2, 0) is 4.79 Å². The number of anilines is 1. The summed E-state index contributed by atoms with van der Waals surface area (Å²) in [6.07, 6.45) is -0.180. The molecule has 1 saturated carbocycles. The molecular formula is C20H19F4N3O3. The molecule has 0 bridgehead atoms. The number of pyridine rings is 1. The highest BCUT2D eigenvalue weighted by Crippen LogP contribution is 2.48. The molecule has 0 aliphatic heterocycles. The van der Waals surface area contributed by atoms with E-state index in [0.717, 1.165) is 13.2 Å². The summed E-state index contributed by atoms with van der Waals surface area (Å²) < 4.78 is 61.0. The number of nitrogens with one attached hydrogen (secondary N) is 1. The molecule has 1 fully saturated rings. The van der Waals surface area contributed by atoms with Gasteiger partial charge in [0.1, 0.15) is 5.69 Å². The maximum atomic E-state index is 14.2. The maximum Gasteiger partial charge on any atom is 0.267 e. The highest BCUT2D eigenvalue weighted by Gasteiger charge is 2.46. The Balaban J connectivity index is 1.95. The summed E-state index contributed by atoms with van der Waals surface area (Å²) in [6, 6.07) is 4.70. The normalized spacial score (nSPS) is 20.4. The summed E-state index contributed by atoms with van der Waals surface area (Å²) in [5, 5.41) is 2.48. The minimum Gasteiger partial charge on any atom is -0.493 e. The van der Waals surface area contributed by atoms with Gasteiger partial charge in [0.25, 0.3) is 5.91 Å². The van der Waals surface area contributed by atoms with E-state index in [1.807, 2.05) is 0 Å². The summed E-state index contributed by atoms with van der Waals surface area (Å²) in [6.45, 7) is 0. The lowest BCUT2D eigenvalue weighted by atomic mass is 9.73. The van der Waals surface area contributed by atoms with Crippen LogP contribution >= 0.6 is 0 Å². The van der Waals surface area contributed by atoms with Gasteiger partial charge in [-0.1, -0.05) is 6.07 Å². The van der Waals surface area contributed by atoms with Gasteiger partial charge >= 0.3 is 0 Å². The van der Waals surface area contributed by atoms with Crippen molar-refractivity contribution in [3.8, 4) is 5.75 Å². The Hall–Kier alpha value is -3.17. The lowest BCUT2D eigenvalue weighted by Gasteiger charge is -2.36. The molecule has 30 heavy (non-hydrogen) atoms. The van der Waals surface area contributed by atoms with Crippen molar-refractivity contribution >= 4 is 17.5 Å². The largest absolute Gasteiger partial charge is 0.493 e. The summed E-state index contributed by atoms with van der Waals surface area (Å²) in [5.74, 6) is -9.55. The van der Waals surface area contributed by atoms with Crippen molar-refractivity contribution in [1.82, 2.24) is 4.98 Å². The first-order valence-corrected chi connectivity index (χ1v) is 9.09. The summed E-state index contributed by atoms with van der Waals surface area (Å²) in [7, 11) is 1.14. The van der Waals surface area contributed by atoms with E-state index >= 15 is 0 Å². The fourth-order valence-electron chi connectivity index (χ4n) is 3.71. The average Bonchev–Trinajstić information content (AvgIpc) is 2.69.